The Bertz CT molecular complexity index is 467. The van der Waals surface area contributed by atoms with E-state index in [4.69, 9.17) is 11.6 Å². The van der Waals surface area contributed by atoms with Crippen LogP contribution < -0.4 is 4.90 Å². The summed E-state index contributed by atoms with van der Waals surface area (Å²) in [4.78, 5) is 15.0. The zero-order valence-electron chi connectivity index (χ0n) is 10.5. The van der Waals surface area contributed by atoms with Gasteiger partial charge in [0.1, 0.15) is 10.7 Å². The van der Waals surface area contributed by atoms with E-state index in [1.165, 1.54) is 0 Å². The van der Waals surface area contributed by atoms with Crippen LogP contribution in [0.4, 0.5) is 11.4 Å². The van der Waals surface area contributed by atoms with Crippen molar-refractivity contribution in [3.8, 4) is 0 Å². The molecule has 98 valence electrons. The lowest BCUT2D eigenvalue weighted by Crippen LogP contribution is -2.50. The minimum Gasteiger partial charge on any atom is -0.361 e. The van der Waals surface area contributed by atoms with Crippen LogP contribution in [0.5, 0.6) is 0 Å². The molecule has 1 aliphatic heterocycles. The van der Waals surface area contributed by atoms with Crippen molar-refractivity contribution in [2.24, 2.45) is 0 Å². The van der Waals surface area contributed by atoms with Crippen LogP contribution in [0, 0.1) is 10.1 Å². The van der Waals surface area contributed by atoms with Crippen LogP contribution >= 0.6 is 11.6 Å². The van der Waals surface area contributed by atoms with E-state index in [0.29, 0.717) is 5.69 Å². The molecule has 1 unspecified atom stereocenters. The Hall–Kier alpha value is -1.33. The van der Waals surface area contributed by atoms with Gasteiger partial charge in [-0.3, -0.25) is 10.1 Å². The fourth-order valence-electron chi connectivity index (χ4n) is 2.41. The predicted octanol–water partition coefficient (Wildman–Crippen LogP) is 2.39. The summed E-state index contributed by atoms with van der Waals surface area (Å²) in [7, 11) is 2.06. The van der Waals surface area contributed by atoms with Gasteiger partial charge >= 0.3 is 5.69 Å². The number of hydrogen-bond acceptors (Lipinski definition) is 4. The number of nitrogens with zero attached hydrogens (tertiary/aromatic N) is 3. The molecule has 1 saturated heterocycles. The Kier molecular flexibility index (Phi) is 3.73. The summed E-state index contributed by atoms with van der Waals surface area (Å²) in [5.74, 6) is 0. The second kappa shape index (κ2) is 5.12. The second-order valence-corrected chi connectivity index (χ2v) is 5.08. The maximum absolute atomic E-state index is 11.1. The van der Waals surface area contributed by atoms with Crippen molar-refractivity contribution in [3.63, 3.8) is 0 Å². The maximum Gasteiger partial charge on any atom is 0.310 e. The first-order valence-corrected chi connectivity index (χ1v) is 6.26. The van der Waals surface area contributed by atoms with Gasteiger partial charge in [0.15, 0.2) is 0 Å². The summed E-state index contributed by atoms with van der Waals surface area (Å²) in [6, 6.07) is 5.33. The molecule has 6 heteroatoms. The van der Waals surface area contributed by atoms with Crippen LogP contribution in [0.25, 0.3) is 0 Å². The van der Waals surface area contributed by atoms with Gasteiger partial charge in [-0.05, 0) is 26.1 Å². The van der Waals surface area contributed by atoms with Gasteiger partial charge in [-0.2, -0.15) is 0 Å². The number of para-hydroxylation sites is 1. The quantitative estimate of drug-likeness (QED) is 0.611. The van der Waals surface area contributed by atoms with E-state index in [1.807, 2.05) is 0 Å². The highest BCUT2D eigenvalue weighted by atomic mass is 35.5. The Morgan fingerprint density at radius 1 is 1.44 bits per heavy atom. The Balaban J connectivity index is 2.39. The molecule has 0 amide bonds. The van der Waals surface area contributed by atoms with E-state index in [0.717, 1.165) is 19.6 Å². The number of likely N-dealkylation sites (N-methyl/N-ethyl adjacent to an activating group) is 1. The third-order valence-corrected chi connectivity index (χ3v) is 3.59. The van der Waals surface area contributed by atoms with E-state index in [9.17, 15) is 10.1 Å². The predicted molar refractivity (Wildman–Crippen MR) is 72.4 cm³/mol. The number of halogens is 1. The van der Waals surface area contributed by atoms with Crippen molar-refractivity contribution in [3.05, 3.63) is 33.3 Å². The lowest BCUT2D eigenvalue weighted by Gasteiger charge is -2.39. The van der Waals surface area contributed by atoms with Crippen LogP contribution in [-0.4, -0.2) is 42.5 Å². The molecular weight excluding hydrogens is 254 g/mol. The van der Waals surface area contributed by atoms with Gasteiger partial charge in [0.2, 0.25) is 0 Å². The van der Waals surface area contributed by atoms with E-state index >= 15 is 0 Å². The van der Waals surface area contributed by atoms with Gasteiger partial charge in [-0.25, -0.2) is 0 Å². The molecule has 0 radical (unpaired) electrons. The third kappa shape index (κ3) is 2.42. The van der Waals surface area contributed by atoms with E-state index in [-0.39, 0.29) is 16.8 Å². The fraction of sp³-hybridized carbons (Fsp3) is 0.500. The number of nitro groups is 1. The summed E-state index contributed by atoms with van der Waals surface area (Å²) in [6.07, 6.45) is 0. The van der Waals surface area contributed by atoms with Crippen LogP contribution in [-0.2, 0) is 0 Å². The van der Waals surface area contributed by atoms with Crippen molar-refractivity contribution >= 4 is 23.0 Å². The smallest absolute Gasteiger partial charge is 0.310 e. The van der Waals surface area contributed by atoms with Gasteiger partial charge in [-0.1, -0.05) is 17.7 Å². The first-order chi connectivity index (χ1) is 8.50. The molecule has 0 spiro atoms. The van der Waals surface area contributed by atoms with Crippen molar-refractivity contribution in [2.45, 2.75) is 13.0 Å². The van der Waals surface area contributed by atoms with Crippen LogP contribution in [0.2, 0.25) is 5.02 Å². The van der Waals surface area contributed by atoms with Gasteiger partial charge in [0.05, 0.1) is 4.92 Å². The van der Waals surface area contributed by atoms with Crippen molar-refractivity contribution in [2.75, 3.05) is 31.6 Å². The molecule has 1 aromatic carbocycles. The number of piperazine rings is 1. The monoisotopic (exact) mass is 269 g/mol. The summed E-state index contributed by atoms with van der Waals surface area (Å²) >= 11 is 5.94. The topological polar surface area (TPSA) is 49.6 Å². The molecular formula is C12H16ClN3O2. The summed E-state index contributed by atoms with van der Waals surface area (Å²) in [5.41, 5.74) is 0.628. The Labute approximate surface area is 111 Å². The Morgan fingerprint density at radius 2 is 2.17 bits per heavy atom. The van der Waals surface area contributed by atoms with Crippen LogP contribution in [0.1, 0.15) is 6.92 Å². The third-order valence-electron chi connectivity index (χ3n) is 3.29. The number of anilines is 1. The average molecular weight is 270 g/mol. The lowest BCUT2D eigenvalue weighted by molar-refractivity contribution is -0.384. The van der Waals surface area contributed by atoms with Crippen LogP contribution in [0.3, 0.4) is 0 Å². The lowest BCUT2D eigenvalue weighted by atomic mass is 10.1. The minimum atomic E-state index is -0.400. The molecule has 0 bridgehead atoms. The molecule has 0 aliphatic carbocycles. The van der Waals surface area contributed by atoms with Crippen LogP contribution in [0.15, 0.2) is 18.2 Å². The molecule has 0 aromatic heterocycles. The highest BCUT2D eigenvalue weighted by molar-refractivity contribution is 6.33. The second-order valence-electron chi connectivity index (χ2n) is 4.67. The zero-order chi connectivity index (χ0) is 13.3. The molecule has 1 atom stereocenters. The van der Waals surface area contributed by atoms with Crippen molar-refractivity contribution in [1.82, 2.24) is 4.90 Å². The molecule has 1 aromatic rings. The summed E-state index contributed by atoms with van der Waals surface area (Å²) < 4.78 is 0. The summed E-state index contributed by atoms with van der Waals surface area (Å²) in [6.45, 7) is 4.64. The Morgan fingerprint density at radius 3 is 2.78 bits per heavy atom. The number of nitro benzene ring substituents is 1. The molecule has 0 N–H and O–H groups in total. The molecule has 18 heavy (non-hydrogen) atoms. The molecule has 1 aliphatic rings. The van der Waals surface area contributed by atoms with Crippen molar-refractivity contribution < 1.29 is 4.92 Å². The molecule has 0 saturated carbocycles. The maximum atomic E-state index is 11.1. The largest absolute Gasteiger partial charge is 0.361 e. The zero-order valence-corrected chi connectivity index (χ0v) is 11.2. The highest BCUT2D eigenvalue weighted by Crippen LogP contribution is 2.36. The summed E-state index contributed by atoms with van der Waals surface area (Å²) in [5, 5.41) is 11.3. The highest BCUT2D eigenvalue weighted by Gasteiger charge is 2.28. The van der Waals surface area contributed by atoms with E-state index < -0.39 is 4.92 Å². The average Bonchev–Trinajstić information content (AvgIpc) is 2.28. The van der Waals surface area contributed by atoms with Gasteiger partial charge in [0, 0.05) is 25.7 Å². The minimum absolute atomic E-state index is 0.00979. The van der Waals surface area contributed by atoms with Gasteiger partial charge < -0.3 is 9.80 Å². The molecule has 2 rings (SSSR count). The molecule has 1 fully saturated rings. The standard InChI is InChI=1S/C12H16ClN3O2/c1-9-8-14(2)6-7-15(9)11-5-3-4-10(13)12(11)16(17)18/h3-5,9H,6-8H2,1-2H3. The number of benzene rings is 1. The SMILES string of the molecule is CC1CN(C)CCN1c1cccc(Cl)c1[N+](=O)[O-]. The van der Waals surface area contributed by atoms with Gasteiger partial charge in [0.25, 0.3) is 0 Å². The van der Waals surface area contributed by atoms with Crippen molar-refractivity contribution in [1.29, 1.82) is 0 Å². The first kappa shape index (κ1) is 13.1. The number of hydrogen-bond donors (Lipinski definition) is 0. The normalized spacial score (nSPS) is 21.1. The van der Waals surface area contributed by atoms with E-state index in [1.54, 1.807) is 18.2 Å². The molecule has 1 heterocycles. The fourth-order valence-corrected chi connectivity index (χ4v) is 2.65. The van der Waals surface area contributed by atoms with E-state index in [2.05, 4.69) is 23.8 Å². The first-order valence-electron chi connectivity index (χ1n) is 5.89. The number of rotatable bonds is 2. The molecule has 5 nitrogen and oxygen atoms in total. The van der Waals surface area contributed by atoms with Gasteiger partial charge in [-0.15, -0.1) is 0 Å².